The molecule has 1 N–H and O–H groups in total. The molecule has 1 aromatic heterocycles. The number of aromatic nitrogens is 2. The van der Waals surface area contributed by atoms with Crippen LogP contribution in [-0.4, -0.2) is 23.8 Å². The van der Waals surface area contributed by atoms with Crippen LogP contribution in [0.25, 0.3) is 11.0 Å². The molecule has 0 radical (unpaired) electrons. The maximum absolute atomic E-state index is 5.43. The normalized spacial score (nSPS) is 11.8. The Morgan fingerprint density at radius 3 is 2.30 bits per heavy atom. The van der Waals surface area contributed by atoms with E-state index < -0.39 is 0 Å². The number of H-pyrrole nitrogens is 1. The summed E-state index contributed by atoms with van der Waals surface area (Å²) in [6.45, 7) is 7.58. The molecule has 0 saturated carbocycles. The number of hydrogen-bond acceptors (Lipinski definition) is 3. The number of imidazole rings is 1. The van der Waals surface area contributed by atoms with Gasteiger partial charge in [0.25, 0.3) is 0 Å². The molecule has 0 aliphatic heterocycles. The minimum atomic E-state index is 0.273. The van der Waals surface area contributed by atoms with Gasteiger partial charge in [-0.15, -0.1) is 0 Å². The van der Waals surface area contributed by atoms with Crippen molar-refractivity contribution >= 4 is 23.3 Å². The topological polar surface area (TPSA) is 39.2 Å². The zero-order valence-electron chi connectivity index (χ0n) is 12.7. The third-order valence-electron chi connectivity index (χ3n) is 3.36. The van der Waals surface area contributed by atoms with Crippen LogP contribution in [0.15, 0.2) is 12.1 Å². The Kier molecular flexibility index (Phi) is 4.09. The van der Waals surface area contributed by atoms with E-state index in [1.165, 1.54) is 0 Å². The highest BCUT2D eigenvalue weighted by Gasteiger charge is 2.14. The van der Waals surface area contributed by atoms with Crippen molar-refractivity contribution in [3.05, 3.63) is 16.9 Å². The van der Waals surface area contributed by atoms with Crippen molar-refractivity contribution in [3.63, 3.8) is 0 Å². The van der Waals surface area contributed by atoms with Crippen LogP contribution < -0.4 is 9.47 Å². The van der Waals surface area contributed by atoms with Crippen LogP contribution >= 0.6 is 12.2 Å². The van der Waals surface area contributed by atoms with Crippen LogP contribution in [0.3, 0.4) is 0 Å². The Hall–Kier alpha value is -1.49. The molecule has 4 nitrogen and oxygen atoms in total. The summed E-state index contributed by atoms with van der Waals surface area (Å²) >= 11 is 5.43. The van der Waals surface area contributed by atoms with E-state index in [-0.39, 0.29) is 5.41 Å². The van der Waals surface area contributed by atoms with Gasteiger partial charge < -0.3 is 19.0 Å². The van der Waals surface area contributed by atoms with Gasteiger partial charge in [0.1, 0.15) is 0 Å². The number of nitrogens with one attached hydrogen (secondary N) is 1. The lowest BCUT2D eigenvalue weighted by molar-refractivity contribution is 0.350. The Morgan fingerprint density at radius 2 is 1.75 bits per heavy atom. The minimum absolute atomic E-state index is 0.273. The van der Waals surface area contributed by atoms with Gasteiger partial charge in [0.05, 0.1) is 25.3 Å². The molecule has 1 heterocycles. The van der Waals surface area contributed by atoms with Crippen molar-refractivity contribution in [2.45, 2.75) is 33.7 Å². The largest absolute Gasteiger partial charge is 0.493 e. The second-order valence-electron chi connectivity index (χ2n) is 6.12. The number of rotatable bonds is 4. The number of benzene rings is 1. The van der Waals surface area contributed by atoms with E-state index in [9.17, 15) is 0 Å². The van der Waals surface area contributed by atoms with Gasteiger partial charge >= 0.3 is 0 Å². The summed E-state index contributed by atoms with van der Waals surface area (Å²) in [5, 5.41) is 0. The Bertz CT molecular complexity index is 665. The van der Waals surface area contributed by atoms with Gasteiger partial charge in [0.15, 0.2) is 16.3 Å². The molecule has 0 spiro atoms. The number of aromatic amines is 1. The monoisotopic (exact) mass is 294 g/mol. The third kappa shape index (κ3) is 2.98. The Labute approximate surface area is 124 Å². The maximum Gasteiger partial charge on any atom is 0.178 e. The van der Waals surface area contributed by atoms with E-state index >= 15 is 0 Å². The van der Waals surface area contributed by atoms with Gasteiger partial charge in [-0.1, -0.05) is 20.8 Å². The average Bonchev–Trinajstić information content (AvgIpc) is 2.68. The molecule has 0 aliphatic carbocycles. The highest BCUT2D eigenvalue weighted by Crippen LogP contribution is 2.32. The van der Waals surface area contributed by atoms with Crippen LogP contribution in [0.1, 0.15) is 27.2 Å². The quantitative estimate of drug-likeness (QED) is 0.861. The summed E-state index contributed by atoms with van der Waals surface area (Å²) in [7, 11) is 3.28. The molecule has 110 valence electrons. The number of hydrogen-bond donors (Lipinski definition) is 1. The maximum atomic E-state index is 5.43. The second-order valence-corrected chi connectivity index (χ2v) is 6.50. The second kappa shape index (κ2) is 5.48. The fraction of sp³-hybridized carbons (Fsp3) is 0.533. The Balaban J connectivity index is 2.50. The zero-order valence-corrected chi connectivity index (χ0v) is 13.6. The zero-order chi connectivity index (χ0) is 14.9. The molecular weight excluding hydrogens is 272 g/mol. The van der Waals surface area contributed by atoms with Crippen molar-refractivity contribution < 1.29 is 9.47 Å². The number of methoxy groups -OCH3 is 2. The van der Waals surface area contributed by atoms with Crippen molar-refractivity contribution in [2.24, 2.45) is 5.41 Å². The molecule has 1 aromatic carbocycles. The fourth-order valence-electron chi connectivity index (χ4n) is 2.15. The number of fused-ring (bicyclic) bond motifs is 1. The van der Waals surface area contributed by atoms with E-state index in [4.69, 9.17) is 21.7 Å². The van der Waals surface area contributed by atoms with Crippen molar-refractivity contribution in [1.29, 1.82) is 0 Å². The first kappa shape index (κ1) is 14.9. The van der Waals surface area contributed by atoms with Crippen LogP contribution in [0.5, 0.6) is 11.5 Å². The molecule has 20 heavy (non-hydrogen) atoms. The van der Waals surface area contributed by atoms with Gasteiger partial charge in [0, 0.05) is 18.7 Å². The van der Waals surface area contributed by atoms with Crippen LogP contribution in [0, 0.1) is 10.2 Å². The molecule has 0 saturated heterocycles. The minimum Gasteiger partial charge on any atom is -0.493 e. The van der Waals surface area contributed by atoms with Gasteiger partial charge in [0.2, 0.25) is 0 Å². The lowest BCUT2D eigenvalue weighted by Crippen LogP contribution is -2.10. The highest BCUT2D eigenvalue weighted by atomic mass is 32.1. The van der Waals surface area contributed by atoms with Crippen molar-refractivity contribution in [2.75, 3.05) is 14.2 Å². The van der Waals surface area contributed by atoms with Crippen LogP contribution in [-0.2, 0) is 6.54 Å². The summed E-state index contributed by atoms with van der Waals surface area (Å²) < 4.78 is 13.5. The van der Waals surface area contributed by atoms with Gasteiger partial charge in [-0.3, -0.25) is 0 Å². The first-order chi connectivity index (χ1) is 9.35. The van der Waals surface area contributed by atoms with Crippen molar-refractivity contribution in [1.82, 2.24) is 9.55 Å². The van der Waals surface area contributed by atoms with Crippen molar-refractivity contribution in [3.8, 4) is 11.5 Å². The predicted molar refractivity (Wildman–Crippen MR) is 84.3 cm³/mol. The van der Waals surface area contributed by atoms with Crippen LogP contribution in [0.4, 0.5) is 0 Å². The van der Waals surface area contributed by atoms with E-state index in [1.54, 1.807) is 14.2 Å². The number of aryl methyl sites for hydroxylation is 1. The lowest BCUT2D eigenvalue weighted by atomic mass is 9.92. The SMILES string of the molecule is COc1cc2[nH]c(=S)n(CCC(C)(C)C)c2cc1OC. The molecule has 0 fully saturated rings. The molecule has 2 rings (SSSR count). The predicted octanol–water partition coefficient (Wildman–Crippen LogP) is 4.15. The van der Waals surface area contributed by atoms with Crippen LogP contribution in [0.2, 0.25) is 0 Å². The molecule has 0 unspecified atom stereocenters. The summed E-state index contributed by atoms with van der Waals surface area (Å²) in [4.78, 5) is 3.23. The molecule has 2 aromatic rings. The van der Waals surface area contributed by atoms with Gasteiger partial charge in [-0.05, 0) is 24.1 Å². The summed E-state index contributed by atoms with van der Waals surface area (Å²) in [6, 6.07) is 3.90. The third-order valence-corrected chi connectivity index (χ3v) is 3.69. The summed E-state index contributed by atoms with van der Waals surface area (Å²) in [5.74, 6) is 1.43. The van der Waals surface area contributed by atoms with Gasteiger partial charge in [-0.2, -0.15) is 0 Å². The number of nitrogens with zero attached hydrogens (tertiary/aromatic N) is 1. The molecule has 0 aliphatic rings. The lowest BCUT2D eigenvalue weighted by Gasteiger charge is -2.18. The van der Waals surface area contributed by atoms with E-state index in [0.717, 1.165) is 34.5 Å². The standard InChI is InChI=1S/C15H22N2O2S/c1-15(2,3)6-7-17-11-9-13(19-5)12(18-4)8-10(11)16-14(17)20/h8-9H,6-7H2,1-5H3,(H,16,20). The molecule has 5 heteroatoms. The fourth-order valence-corrected chi connectivity index (χ4v) is 2.45. The van der Waals surface area contributed by atoms with Gasteiger partial charge in [-0.25, -0.2) is 0 Å². The molecule has 0 bridgehead atoms. The molecule has 0 amide bonds. The smallest absolute Gasteiger partial charge is 0.178 e. The van der Waals surface area contributed by atoms with E-state index in [1.807, 2.05) is 12.1 Å². The van der Waals surface area contributed by atoms with E-state index in [2.05, 4.69) is 30.3 Å². The Morgan fingerprint density at radius 1 is 1.15 bits per heavy atom. The summed E-state index contributed by atoms with van der Waals surface area (Å²) in [6.07, 6.45) is 1.06. The molecular formula is C15H22N2O2S. The first-order valence-corrected chi connectivity index (χ1v) is 7.11. The summed E-state index contributed by atoms with van der Waals surface area (Å²) in [5.41, 5.74) is 2.30. The first-order valence-electron chi connectivity index (χ1n) is 6.70. The number of ether oxygens (including phenoxy) is 2. The average molecular weight is 294 g/mol. The molecule has 0 atom stereocenters. The highest BCUT2D eigenvalue weighted by molar-refractivity contribution is 7.71. The van der Waals surface area contributed by atoms with E-state index in [0.29, 0.717) is 5.75 Å².